The van der Waals surface area contributed by atoms with Crippen molar-refractivity contribution in [2.45, 2.75) is 19.8 Å². The molecule has 0 saturated carbocycles. The summed E-state index contributed by atoms with van der Waals surface area (Å²) in [4.78, 5) is 24.6. The van der Waals surface area contributed by atoms with Gasteiger partial charge in [-0.3, -0.25) is 9.59 Å². The zero-order chi connectivity index (χ0) is 17.0. The van der Waals surface area contributed by atoms with Gasteiger partial charge in [-0.05, 0) is 36.8 Å². The van der Waals surface area contributed by atoms with E-state index in [1.54, 1.807) is 6.08 Å². The maximum Gasteiger partial charge on any atom is 0.327 e. The summed E-state index contributed by atoms with van der Waals surface area (Å²) in [6, 6.07) is 9.98. The van der Waals surface area contributed by atoms with Crippen LogP contribution >= 0.6 is 0 Å². The third-order valence-electron chi connectivity index (χ3n) is 4.33. The Morgan fingerprint density at radius 2 is 1.74 bits per heavy atom. The Morgan fingerprint density at radius 1 is 1.17 bits per heavy atom. The van der Waals surface area contributed by atoms with Crippen LogP contribution in [0.5, 0.6) is 0 Å². The van der Waals surface area contributed by atoms with Crippen molar-refractivity contribution in [3.8, 4) is 0 Å². The second kappa shape index (κ2) is 6.82. The first-order valence-electron chi connectivity index (χ1n) is 7.54. The molecule has 4 heteroatoms. The highest BCUT2D eigenvalue weighted by atomic mass is 16.5. The Kier molecular flexibility index (Phi) is 5.04. The van der Waals surface area contributed by atoms with Gasteiger partial charge in [-0.25, -0.2) is 0 Å². The lowest BCUT2D eigenvalue weighted by Crippen LogP contribution is -2.38. The highest BCUT2D eigenvalue weighted by molar-refractivity contribution is 6.03. The molecule has 1 aliphatic rings. The predicted octanol–water partition coefficient (Wildman–Crippen LogP) is 3.08. The molecule has 1 atom stereocenters. The summed E-state index contributed by atoms with van der Waals surface area (Å²) in [6.07, 6.45) is 2.75. The molecule has 1 aromatic rings. The second-order valence-corrected chi connectivity index (χ2v) is 5.93. The number of hydrogen-bond donors (Lipinski definition) is 0. The second-order valence-electron chi connectivity index (χ2n) is 5.93. The van der Waals surface area contributed by atoms with Gasteiger partial charge in [0.15, 0.2) is 5.41 Å². The zero-order valence-electron chi connectivity index (χ0n) is 13.8. The number of carbonyl (C=O) groups excluding carboxylic acids is 2. The molecule has 23 heavy (non-hydrogen) atoms. The van der Waals surface area contributed by atoms with E-state index in [0.29, 0.717) is 6.42 Å². The van der Waals surface area contributed by atoms with Crippen molar-refractivity contribution in [1.29, 1.82) is 0 Å². The molecule has 0 fully saturated rings. The number of ether oxygens (including phenoxy) is 2. The minimum absolute atomic E-state index is 0.0214. The van der Waals surface area contributed by atoms with Crippen molar-refractivity contribution in [2.75, 3.05) is 14.2 Å². The number of hydrogen-bond acceptors (Lipinski definition) is 4. The fourth-order valence-corrected chi connectivity index (χ4v) is 3.23. The molecular formula is C19H22O4. The van der Waals surface area contributed by atoms with Crippen molar-refractivity contribution in [3.05, 3.63) is 59.7 Å². The van der Waals surface area contributed by atoms with Crippen LogP contribution in [-0.4, -0.2) is 26.2 Å². The van der Waals surface area contributed by atoms with E-state index in [2.05, 4.69) is 6.58 Å². The quantitative estimate of drug-likeness (QED) is 0.619. The number of benzene rings is 1. The Balaban J connectivity index is 2.39. The van der Waals surface area contributed by atoms with Gasteiger partial charge >= 0.3 is 11.9 Å². The van der Waals surface area contributed by atoms with Gasteiger partial charge in [-0.1, -0.05) is 48.6 Å². The standard InChI is InChI=1S/C19H22O4/c1-13(2)16-12-19(17(20)22-3,18(21)23-4)11-15(16)10-14-8-6-5-7-9-14/h5-9,12,15H,1,10-11H2,2-4H3. The highest BCUT2D eigenvalue weighted by Crippen LogP contribution is 2.45. The summed E-state index contributed by atoms with van der Waals surface area (Å²) in [6.45, 7) is 5.88. The number of rotatable bonds is 5. The highest BCUT2D eigenvalue weighted by Gasteiger charge is 2.52. The molecule has 4 nitrogen and oxygen atoms in total. The van der Waals surface area contributed by atoms with Crippen molar-refractivity contribution in [2.24, 2.45) is 11.3 Å². The van der Waals surface area contributed by atoms with Gasteiger partial charge in [0.25, 0.3) is 0 Å². The average molecular weight is 314 g/mol. The van der Waals surface area contributed by atoms with Crippen LogP contribution in [0.2, 0.25) is 0 Å². The van der Waals surface area contributed by atoms with E-state index in [1.807, 2.05) is 37.3 Å². The predicted molar refractivity (Wildman–Crippen MR) is 87.6 cm³/mol. The molecule has 0 N–H and O–H groups in total. The first-order chi connectivity index (χ1) is 10.9. The summed E-state index contributed by atoms with van der Waals surface area (Å²) < 4.78 is 9.75. The molecule has 0 saturated heterocycles. The van der Waals surface area contributed by atoms with Crippen molar-refractivity contribution < 1.29 is 19.1 Å². The summed E-state index contributed by atoms with van der Waals surface area (Å²) >= 11 is 0. The maximum atomic E-state index is 12.3. The van der Waals surface area contributed by atoms with Crippen LogP contribution in [0.4, 0.5) is 0 Å². The largest absolute Gasteiger partial charge is 0.468 e. The molecule has 122 valence electrons. The van der Waals surface area contributed by atoms with E-state index in [9.17, 15) is 9.59 Å². The minimum atomic E-state index is -1.38. The summed E-state index contributed by atoms with van der Waals surface area (Å²) in [7, 11) is 2.57. The first-order valence-corrected chi connectivity index (χ1v) is 7.54. The lowest BCUT2D eigenvalue weighted by Gasteiger charge is -2.23. The van der Waals surface area contributed by atoms with Crippen LogP contribution in [0, 0.1) is 11.3 Å². The van der Waals surface area contributed by atoms with Crippen molar-refractivity contribution >= 4 is 11.9 Å². The third-order valence-corrected chi connectivity index (χ3v) is 4.33. The van der Waals surface area contributed by atoms with Crippen LogP contribution in [0.3, 0.4) is 0 Å². The summed E-state index contributed by atoms with van der Waals surface area (Å²) in [5.41, 5.74) is 1.54. The molecule has 2 rings (SSSR count). The topological polar surface area (TPSA) is 52.6 Å². The van der Waals surface area contributed by atoms with Gasteiger partial charge in [0.1, 0.15) is 0 Å². The van der Waals surface area contributed by atoms with E-state index >= 15 is 0 Å². The Morgan fingerprint density at radius 3 is 2.22 bits per heavy atom. The lowest BCUT2D eigenvalue weighted by molar-refractivity contribution is -0.165. The molecule has 0 heterocycles. The van der Waals surface area contributed by atoms with Gasteiger partial charge in [0.2, 0.25) is 0 Å². The fraction of sp³-hybridized carbons (Fsp3) is 0.368. The Hall–Kier alpha value is -2.36. The zero-order valence-corrected chi connectivity index (χ0v) is 13.8. The molecule has 1 aromatic carbocycles. The van der Waals surface area contributed by atoms with Gasteiger partial charge in [0, 0.05) is 0 Å². The number of carbonyl (C=O) groups is 2. The molecular weight excluding hydrogens is 292 g/mol. The van der Waals surface area contributed by atoms with Gasteiger partial charge < -0.3 is 9.47 Å². The fourth-order valence-electron chi connectivity index (χ4n) is 3.23. The Labute approximate surface area is 136 Å². The number of allylic oxidation sites excluding steroid dienone is 2. The van der Waals surface area contributed by atoms with E-state index in [1.165, 1.54) is 14.2 Å². The molecule has 0 bridgehead atoms. The minimum Gasteiger partial charge on any atom is -0.468 e. The summed E-state index contributed by atoms with van der Waals surface area (Å²) in [5.74, 6) is -1.15. The van der Waals surface area contributed by atoms with E-state index in [-0.39, 0.29) is 5.92 Å². The molecule has 1 aliphatic carbocycles. The van der Waals surface area contributed by atoms with Crippen molar-refractivity contribution in [3.63, 3.8) is 0 Å². The third kappa shape index (κ3) is 3.21. The molecule has 0 spiro atoms. The monoisotopic (exact) mass is 314 g/mol. The van der Waals surface area contributed by atoms with Crippen LogP contribution in [0.1, 0.15) is 18.9 Å². The van der Waals surface area contributed by atoms with Gasteiger partial charge in [-0.15, -0.1) is 0 Å². The first kappa shape index (κ1) is 17.0. The molecule has 0 aromatic heterocycles. The normalized spacial score (nSPS) is 18.9. The molecule has 1 unspecified atom stereocenters. The molecule has 0 radical (unpaired) electrons. The van der Waals surface area contributed by atoms with Crippen LogP contribution in [0.15, 0.2) is 54.1 Å². The maximum absolute atomic E-state index is 12.3. The van der Waals surface area contributed by atoms with Crippen molar-refractivity contribution in [1.82, 2.24) is 0 Å². The van der Waals surface area contributed by atoms with E-state index in [4.69, 9.17) is 9.47 Å². The van der Waals surface area contributed by atoms with E-state index < -0.39 is 17.4 Å². The molecule has 0 aliphatic heterocycles. The van der Waals surface area contributed by atoms with Gasteiger partial charge in [-0.2, -0.15) is 0 Å². The Bertz CT molecular complexity index is 627. The van der Waals surface area contributed by atoms with Crippen LogP contribution in [-0.2, 0) is 25.5 Å². The summed E-state index contributed by atoms with van der Waals surface area (Å²) in [5, 5.41) is 0. The van der Waals surface area contributed by atoms with E-state index in [0.717, 1.165) is 23.1 Å². The van der Waals surface area contributed by atoms with Crippen LogP contribution in [0.25, 0.3) is 0 Å². The number of methoxy groups -OCH3 is 2. The van der Waals surface area contributed by atoms with Crippen LogP contribution < -0.4 is 0 Å². The average Bonchev–Trinajstić information content (AvgIpc) is 2.95. The number of esters is 2. The smallest absolute Gasteiger partial charge is 0.327 e. The lowest BCUT2D eigenvalue weighted by atomic mass is 9.83. The molecule has 0 amide bonds. The SMILES string of the molecule is C=C(C)C1=CC(C(=O)OC)(C(=O)OC)CC1Cc1ccccc1. The van der Waals surface area contributed by atoms with Gasteiger partial charge in [0.05, 0.1) is 14.2 Å².